The fourth-order valence-electron chi connectivity index (χ4n) is 2.64. The van der Waals surface area contributed by atoms with Crippen LogP contribution < -0.4 is 5.32 Å². The standard InChI is InChI=1S/C14H19BrN2O2/c1-2-10-8-12(17(18)19)9-13(15)14(10)16-11-6-4-3-5-7-11/h8-9,11,16H,2-7H2,1H3. The minimum Gasteiger partial charge on any atom is -0.381 e. The number of nitro benzene ring substituents is 1. The fraction of sp³-hybridized carbons (Fsp3) is 0.571. The van der Waals surface area contributed by atoms with E-state index < -0.39 is 0 Å². The van der Waals surface area contributed by atoms with Gasteiger partial charge in [0.25, 0.3) is 5.69 Å². The van der Waals surface area contributed by atoms with Gasteiger partial charge in [0.1, 0.15) is 0 Å². The molecule has 4 nitrogen and oxygen atoms in total. The molecule has 1 aliphatic carbocycles. The van der Waals surface area contributed by atoms with E-state index in [1.54, 1.807) is 12.1 Å². The Morgan fingerprint density at radius 1 is 1.37 bits per heavy atom. The topological polar surface area (TPSA) is 55.2 Å². The molecule has 1 N–H and O–H groups in total. The van der Waals surface area contributed by atoms with E-state index in [4.69, 9.17) is 0 Å². The molecule has 1 saturated carbocycles. The maximum Gasteiger partial charge on any atom is 0.270 e. The fourth-order valence-corrected chi connectivity index (χ4v) is 3.25. The predicted octanol–water partition coefficient (Wildman–Crippen LogP) is 4.66. The molecular weight excluding hydrogens is 308 g/mol. The van der Waals surface area contributed by atoms with Crippen molar-refractivity contribution in [2.45, 2.75) is 51.5 Å². The summed E-state index contributed by atoms with van der Waals surface area (Å²) in [4.78, 5) is 10.5. The summed E-state index contributed by atoms with van der Waals surface area (Å²) in [6.45, 7) is 2.03. The SMILES string of the molecule is CCc1cc([N+](=O)[O-])cc(Br)c1NC1CCCCC1. The first-order valence-corrected chi connectivity index (χ1v) is 7.64. The van der Waals surface area contributed by atoms with Crippen LogP contribution in [0.2, 0.25) is 0 Å². The molecule has 104 valence electrons. The molecule has 0 aromatic heterocycles. The van der Waals surface area contributed by atoms with Crippen LogP contribution >= 0.6 is 15.9 Å². The summed E-state index contributed by atoms with van der Waals surface area (Å²) in [6.07, 6.45) is 7.02. The monoisotopic (exact) mass is 326 g/mol. The highest BCUT2D eigenvalue weighted by Crippen LogP contribution is 2.34. The third-order valence-electron chi connectivity index (χ3n) is 3.70. The van der Waals surface area contributed by atoms with Crippen LogP contribution in [0.4, 0.5) is 11.4 Å². The molecule has 0 amide bonds. The Bertz CT molecular complexity index is 471. The molecule has 2 rings (SSSR count). The summed E-state index contributed by atoms with van der Waals surface area (Å²) in [5.41, 5.74) is 2.18. The van der Waals surface area contributed by atoms with Crippen LogP contribution in [-0.2, 0) is 6.42 Å². The van der Waals surface area contributed by atoms with Gasteiger partial charge in [-0.05, 0) is 40.8 Å². The first-order chi connectivity index (χ1) is 9.11. The second-order valence-corrected chi connectivity index (χ2v) is 5.91. The van der Waals surface area contributed by atoms with Crippen LogP contribution in [0.5, 0.6) is 0 Å². The van der Waals surface area contributed by atoms with Crippen molar-refractivity contribution in [2.24, 2.45) is 0 Å². The van der Waals surface area contributed by atoms with E-state index in [-0.39, 0.29) is 10.6 Å². The number of halogens is 1. The highest BCUT2D eigenvalue weighted by atomic mass is 79.9. The number of nitrogens with zero attached hydrogens (tertiary/aromatic N) is 1. The second-order valence-electron chi connectivity index (χ2n) is 5.05. The summed E-state index contributed by atoms with van der Waals surface area (Å²) in [5.74, 6) is 0. The van der Waals surface area contributed by atoms with Gasteiger partial charge >= 0.3 is 0 Å². The zero-order valence-electron chi connectivity index (χ0n) is 11.1. The summed E-state index contributed by atoms with van der Waals surface area (Å²) in [7, 11) is 0. The van der Waals surface area contributed by atoms with E-state index in [1.807, 2.05) is 6.92 Å². The third kappa shape index (κ3) is 3.47. The molecule has 1 aromatic carbocycles. The molecule has 1 aliphatic rings. The van der Waals surface area contributed by atoms with E-state index in [0.717, 1.165) is 22.1 Å². The number of hydrogen-bond donors (Lipinski definition) is 1. The van der Waals surface area contributed by atoms with E-state index in [0.29, 0.717) is 6.04 Å². The number of rotatable bonds is 4. The molecule has 5 heteroatoms. The minimum absolute atomic E-state index is 0.151. The van der Waals surface area contributed by atoms with Crippen molar-refractivity contribution in [1.82, 2.24) is 0 Å². The Morgan fingerprint density at radius 2 is 2.05 bits per heavy atom. The molecule has 0 saturated heterocycles. The maximum absolute atomic E-state index is 10.9. The normalized spacial score (nSPS) is 16.3. The quantitative estimate of drug-likeness (QED) is 0.646. The molecule has 19 heavy (non-hydrogen) atoms. The van der Waals surface area contributed by atoms with Crippen LogP contribution in [0.1, 0.15) is 44.6 Å². The van der Waals surface area contributed by atoms with Crippen LogP contribution in [0, 0.1) is 10.1 Å². The van der Waals surface area contributed by atoms with Gasteiger partial charge in [-0.25, -0.2) is 0 Å². The summed E-state index contributed by atoms with van der Waals surface area (Å²) in [5, 5.41) is 14.5. The number of nitrogens with one attached hydrogen (secondary N) is 1. The van der Waals surface area contributed by atoms with Crippen LogP contribution in [0.15, 0.2) is 16.6 Å². The Labute approximate surface area is 121 Å². The second kappa shape index (κ2) is 6.37. The molecular formula is C14H19BrN2O2. The highest BCUT2D eigenvalue weighted by Gasteiger charge is 2.18. The number of non-ortho nitro benzene ring substituents is 1. The molecule has 0 spiro atoms. The molecule has 0 bridgehead atoms. The van der Waals surface area contributed by atoms with Crippen LogP contribution in [0.25, 0.3) is 0 Å². The molecule has 0 heterocycles. The number of hydrogen-bond acceptors (Lipinski definition) is 3. The van der Waals surface area contributed by atoms with Crippen molar-refractivity contribution < 1.29 is 4.92 Å². The first-order valence-electron chi connectivity index (χ1n) is 6.85. The molecule has 1 aromatic rings. The number of nitro groups is 1. The zero-order valence-corrected chi connectivity index (χ0v) is 12.7. The van der Waals surface area contributed by atoms with Crippen molar-refractivity contribution in [3.05, 3.63) is 32.3 Å². The van der Waals surface area contributed by atoms with E-state index >= 15 is 0 Å². The van der Waals surface area contributed by atoms with Gasteiger partial charge in [0.15, 0.2) is 0 Å². The van der Waals surface area contributed by atoms with Crippen molar-refractivity contribution in [3.8, 4) is 0 Å². The lowest BCUT2D eigenvalue weighted by atomic mass is 9.95. The average Bonchev–Trinajstić information content (AvgIpc) is 2.41. The summed E-state index contributed by atoms with van der Waals surface area (Å²) < 4.78 is 0.795. The van der Waals surface area contributed by atoms with E-state index in [1.165, 1.54) is 32.1 Å². The summed E-state index contributed by atoms with van der Waals surface area (Å²) in [6, 6.07) is 3.76. The van der Waals surface area contributed by atoms with Gasteiger partial charge in [-0.15, -0.1) is 0 Å². The van der Waals surface area contributed by atoms with Gasteiger partial charge in [-0.3, -0.25) is 10.1 Å². The van der Waals surface area contributed by atoms with Crippen LogP contribution in [0.3, 0.4) is 0 Å². The lowest BCUT2D eigenvalue weighted by Crippen LogP contribution is -2.23. The van der Waals surface area contributed by atoms with E-state index in [9.17, 15) is 10.1 Å². The summed E-state index contributed by atoms with van der Waals surface area (Å²) >= 11 is 3.47. The number of aryl methyl sites for hydroxylation is 1. The Morgan fingerprint density at radius 3 is 2.63 bits per heavy atom. The van der Waals surface area contributed by atoms with E-state index in [2.05, 4.69) is 21.2 Å². The Hall–Kier alpha value is -1.10. The Balaban J connectivity index is 2.25. The minimum atomic E-state index is -0.339. The molecule has 0 aliphatic heterocycles. The zero-order chi connectivity index (χ0) is 13.8. The Kier molecular flexibility index (Phi) is 4.80. The average molecular weight is 327 g/mol. The number of anilines is 1. The van der Waals surface area contributed by atoms with Gasteiger partial charge in [0.05, 0.1) is 10.6 Å². The van der Waals surface area contributed by atoms with Gasteiger partial charge in [-0.1, -0.05) is 26.2 Å². The predicted molar refractivity (Wildman–Crippen MR) is 80.7 cm³/mol. The third-order valence-corrected chi connectivity index (χ3v) is 4.33. The molecule has 1 fully saturated rings. The van der Waals surface area contributed by atoms with Crippen LogP contribution in [-0.4, -0.2) is 11.0 Å². The number of benzene rings is 1. The van der Waals surface area contributed by atoms with Gasteiger partial charge in [-0.2, -0.15) is 0 Å². The lowest BCUT2D eigenvalue weighted by molar-refractivity contribution is -0.385. The first kappa shape index (κ1) is 14.3. The lowest BCUT2D eigenvalue weighted by Gasteiger charge is -2.25. The van der Waals surface area contributed by atoms with Crippen molar-refractivity contribution in [2.75, 3.05) is 5.32 Å². The highest BCUT2D eigenvalue weighted by molar-refractivity contribution is 9.10. The molecule has 0 radical (unpaired) electrons. The van der Waals surface area contributed by atoms with Crippen molar-refractivity contribution >= 4 is 27.3 Å². The molecule has 0 atom stereocenters. The molecule has 0 unspecified atom stereocenters. The maximum atomic E-state index is 10.9. The van der Waals surface area contributed by atoms with Crippen molar-refractivity contribution in [1.29, 1.82) is 0 Å². The smallest absolute Gasteiger partial charge is 0.270 e. The largest absolute Gasteiger partial charge is 0.381 e. The van der Waals surface area contributed by atoms with Gasteiger partial charge < -0.3 is 5.32 Å². The van der Waals surface area contributed by atoms with Crippen molar-refractivity contribution in [3.63, 3.8) is 0 Å². The van der Waals surface area contributed by atoms with Gasteiger partial charge in [0, 0.05) is 22.6 Å². The van der Waals surface area contributed by atoms with Gasteiger partial charge in [0.2, 0.25) is 0 Å².